The first kappa shape index (κ1) is 10.4. The third-order valence-electron chi connectivity index (χ3n) is 1.92. The van der Waals surface area contributed by atoms with E-state index in [0.717, 1.165) is 13.0 Å². The molecule has 0 spiro atoms. The van der Waals surface area contributed by atoms with Crippen molar-refractivity contribution in [3.05, 3.63) is 24.8 Å². The summed E-state index contributed by atoms with van der Waals surface area (Å²) in [5.41, 5.74) is 5.98. The lowest BCUT2D eigenvalue weighted by Gasteiger charge is -1.99. The Labute approximate surface area is 93.1 Å². The summed E-state index contributed by atoms with van der Waals surface area (Å²) in [6, 6.07) is 0.269. The van der Waals surface area contributed by atoms with Crippen LogP contribution in [0.25, 0.3) is 0 Å². The number of nitrogens with two attached hydrogens (primary N) is 1. The highest BCUT2D eigenvalue weighted by Gasteiger charge is 2.02. The second-order valence-corrected chi connectivity index (χ2v) is 3.34. The van der Waals surface area contributed by atoms with Gasteiger partial charge in [0.05, 0.1) is 30.5 Å². The Balaban J connectivity index is 2.05. The molecule has 0 bridgehead atoms. The van der Waals surface area contributed by atoms with Crippen LogP contribution in [0.4, 0.5) is 5.69 Å². The molecule has 0 aliphatic rings. The van der Waals surface area contributed by atoms with Crippen molar-refractivity contribution in [3.8, 4) is 11.8 Å². The molecule has 6 nitrogen and oxygen atoms in total. The lowest BCUT2D eigenvalue weighted by atomic mass is 10.5. The summed E-state index contributed by atoms with van der Waals surface area (Å²) in [5.74, 6) is 0.623. The first-order chi connectivity index (χ1) is 7.78. The predicted octanol–water partition coefficient (Wildman–Crippen LogP) is 1.46. The molecule has 0 radical (unpaired) electrons. The molecule has 0 amide bonds. The van der Waals surface area contributed by atoms with Crippen LogP contribution in [0.15, 0.2) is 24.8 Å². The summed E-state index contributed by atoms with van der Waals surface area (Å²) in [6.07, 6.45) is 7.47. The maximum absolute atomic E-state index is 5.47. The zero-order valence-corrected chi connectivity index (χ0v) is 9.00. The van der Waals surface area contributed by atoms with E-state index in [4.69, 9.17) is 10.5 Å². The van der Waals surface area contributed by atoms with Gasteiger partial charge in [-0.3, -0.25) is 4.68 Å². The van der Waals surface area contributed by atoms with E-state index < -0.39 is 0 Å². The zero-order chi connectivity index (χ0) is 11.4. The number of hydrogen-bond donors (Lipinski definition) is 1. The van der Waals surface area contributed by atoms with Crippen LogP contribution >= 0.6 is 0 Å². The number of nitrogen functional groups attached to an aromatic ring is 1. The van der Waals surface area contributed by atoms with Gasteiger partial charge in [-0.2, -0.15) is 5.10 Å². The third kappa shape index (κ3) is 2.47. The van der Waals surface area contributed by atoms with Crippen LogP contribution in [0.3, 0.4) is 0 Å². The van der Waals surface area contributed by atoms with Crippen LogP contribution in [0.2, 0.25) is 0 Å². The fraction of sp³-hybridized carbons (Fsp3) is 0.300. The quantitative estimate of drug-likeness (QED) is 0.842. The molecule has 16 heavy (non-hydrogen) atoms. The maximum atomic E-state index is 5.47. The Morgan fingerprint density at radius 3 is 2.75 bits per heavy atom. The van der Waals surface area contributed by atoms with Crippen molar-refractivity contribution in [2.75, 3.05) is 5.73 Å². The molecule has 0 fully saturated rings. The topological polar surface area (TPSA) is 78.9 Å². The number of nitrogens with zero attached hydrogens (tertiary/aromatic N) is 4. The first-order valence-corrected chi connectivity index (χ1v) is 5.05. The number of anilines is 1. The summed E-state index contributed by atoms with van der Waals surface area (Å²) in [4.78, 5) is 7.87. The Bertz CT molecular complexity index is 450. The van der Waals surface area contributed by atoms with E-state index in [2.05, 4.69) is 22.0 Å². The lowest BCUT2D eigenvalue weighted by Crippen LogP contribution is -1.96. The van der Waals surface area contributed by atoms with Gasteiger partial charge < -0.3 is 10.5 Å². The molecule has 84 valence electrons. The van der Waals surface area contributed by atoms with E-state index in [0.29, 0.717) is 11.4 Å². The van der Waals surface area contributed by atoms with Gasteiger partial charge in [0.2, 0.25) is 0 Å². The van der Waals surface area contributed by atoms with Crippen molar-refractivity contribution < 1.29 is 4.74 Å². The molecule has 0 saturated heterocycles. The molecule has 6 heteroatoms. The second-order valence-electron chi connectivity index (χ2n) is 3.34. The summed E-state index contributed by atoms with van der Waals surface area (Å²) < 4.78 is 7.21. The third-order valence-corrected chi connectivity index (χ3v) is 1.92. The SMILES string of the molecule is CCCn1cc(Oc2ncc(N)cn2)cn1. The number of ether oxygens (including phenoxy) is 1. The van der Waals surface area contributed by atoms with Gasteiger partial charge in [-0.1, -0.05) is 6.92 Å². The molecule has 0 aliphatic heterocycles. The Kier molecular flexibility index (Phi) is 3.00. The normalized spacial score (nSPS) is 10.3. The molecule has 0 aromatic carbocycles. The van der Waals surface area contributed by atoms with Crippen molar-refractivity contribution in [1.82, 2.24) is 19.7 Å². The van der Waals surface area contributed by atoms with Crippen LogP contribution in [-0.2, 0) is 6.54 Å². The Morgan fingerprint density at radius 1 is 1.31 bits per heavy atom. The van der Waals surface area contributed by atoms with Crippen molar-refractivity contribution in [3.63, 3.8) is 0 Å². The zero-order valence-electron chi connectivity index (χ0n) is 9.00. The van der Waals surface area contributed by atoms with E-state index in [1.165, 1.54) is 12.4 Å². The van der Waals surface area contributed by atoms with E-state index in [9.17, 15) is 0 Å². The predicted molar refractivity (Wildman–Crippen MR) is 59.0 cm³/mol. The summed E-state index contributed by atoms with van der Waals surface area (Å²) >= 11 is 0. The molecule has 0 unspecified atom stereocenters. The van der Waals surface area contributed by atoms with Crippen molar-refractivity contribution in [2.45, 2.75) is 19.9 Å². The fourth-order valence-electron chi connectivity index (χ4n) is 1.23. The highest BCUT2D eigenvalue weighted by molar-refractivity contribution is 5.31. The van der Waals surface area contributed by atoms with Gasteiger partial charge in [0.25, 0.3) is 0 Å². The summed E-state index contributed by atoms with van der Waals surface area (Å²) in [6.45, 7) is 2.96. The average Bonchev–Trinajstić information content (AvgIpc) is 2.70. The van der Waals surface area contributed by atoms with Crippen molar-refractivity contribution >= 4 is 5.69 Å². The first-order valence-electron chi connectivity index (χ1n) is 5.05. The highest BCUT2D eigenvalue weighted by atomic mass is 16.5. The van der Waals surface area contributed by atoms with Crippen LogP contribution in [0, 0.1) is 0 Å². The van der Waals surface area contributed by atoms with Gasteiger partial charge in [0.15, 0.2) is 5.75 Å². The van der Waals surface area contributed by atoms with Gasteiger partial charge in [0.1, 0.15) is 0 Å². The minimum absolute atomic E-state index is 0.269. The molecule has 0 atom stereocenters. The molecule has 2 aromatic heterocycles. The number of aromatic nitrogens is 4. The Hall–Kier alpha value is -2.11. The van der Waals surface area contributed by atoms with E-state index in [1.807, 2.05) is 10.9 Å². The molecular weight excluding hydrogens is 206 g/mol. The standard InChI is InChI=1S/C10H13N5O/c1-2-3-15-7-9(6-14-15)16-10-12-4-8(11)5-13-10/h4-7H,2-3,11H2,1H3. The van der Waals surface area contributed by atoms with Gasteiger partial charge >= 0.3 is 6.01 Å². The highest BCUT2D eigenvalue weighted by Crippen LogP contribution is 2.16. The van der Waals surface area contributed by atoms with Gasteiger partial charge in [-0.25, -0.2) is 9.97 Å². The molecule has 2 aromatic rings. The van der Waals surface area contributed by atoms with Crippen molar-refractivity contribution in [1.29, 1.82) is 0 Å². The van der Waals surface area contributed by atoms with E-state index >= 15 is 0 Å². The molecule has 2 N–H and O–H groups in total. The summed E-state index contributed by atoms with van der Waals surface area (Å²) in [7, 11) is 0. The average molecular weight is 219 g/mol. The molecule has 0 aliphatic carbocycles. The van der Waals surface area contributed by atoms with Crippen LogP contribution in [0.1, 0.15) is 13.3 Å². The second kappa shape index (κ2) is 4.61. The Morgan fingerprint density at radius 2 is 2.06 bits per heavy atom. The van der Waals surface area contributed by atoms with Crippen molar-refractivity contribution in [2.24, 2.45) is 0 Å². The van der Waals surface area contributed by atoms with Gasteiger partial charge in [-0.05, 0) is 6.42 Å². The smallest absolute Gasteiger partial charge is 0.322 e. The molecule has 0 saturated carbocycles. The van der Waals surface area contributed by atoms with E-state index in [-0.39, 0.29) is 6.01 Å². The maximum Gasteiger partial charge on any atom is 0.322 e. The monoisotopic (exact) mass is 219 g/mol. The van der Waals surface area contributed by atoms with Gasteiger partial charge in [-0.15, -0.1) is 0 Å². The van der Waals surface area contributed by atoms with E-state index in [1.54, 1.807) is 6.20 Å². The fourth-order valence-corrected chi connectivity index (χ4v) is 1.23. The minimum atomic E-state index is 0.269. The minimum Gasteiger partial charge on any atom is -0.421 e. The van der Waals surface area contributed by atoms with Crippen LogP contribution < -0.4 is 10.5 Å². The molecule has 2 heterocycles. The molecule has 2 rings (SSSR count). The number of rotatable bonds is 4. The number of hydrogen-bond acceptors (Lipinski definition) is 5. The van der Waals surface area contributed by atoms with Gasteiger partial charge in [0, 0.05) is 6.54 Å². The van der Waals surface area contributed by atoms with Crippen LogP contribution in [0.5, 0.6) is 11.8 Å². The summed E-state index contributed by atoms with van der Waals surface area (Å²) in [5, 5.41) is 4.13. The largest absolute Gasteiger partial charge is 0.421 e. The molecular formula is C10H13N5O. The lowest BCUT2D eigenvalue weighted by molar-refractivity contribution is 0.440. The number of aryl methyl sites for hydroxylation is 1. The van der Waals surface area contributed by atoms with Crippen LogP contribution in [-0.4, -0.2) is 19.7 Å².